The first-order valence-electron chi connectivity index (χ1n) is 12.0. The lowest BCUT2D eigenvalue weighted by molar-refractivity contribution is -0.146. The molecule has 1 N–H and O–H groups in total. The van der Waals surface area contributed by atoms with E-state index < -0.39 is 12.0 Å². The molecule has 1 aliphatic rings. The Labute approximate surface area is 201 Å². The molecule has 2 aromatic carbocycles. The van der Waals surface area contributed by atoms with Crippen LogP contribution in [-0.4, -0.2) is 40.2 Å². The molecule has 1 fully saturated rings. The number of piperidine rings is 1. The van der Waals surface area contributed by atoms with Crippen LogP contribution in [0.4, 0.5) is 0 Å². The van der Waals surface area contributed by atoms with Gasteiger partial charge in [0.25, 0.3) is 0 Å². The summed E-state index contributed by atoms with van der Waals surface area (Å²) in [6.45, 7) is 3.65. The number of carboxylic acid groups (broad SMARTS) is 1. The molecule has 2 atom stereocenters. The molecule has 2 unspecified atom stereocenters. The Morgan fingerprint density at radius 1 is 1.06 bits per heavy atom. The second-order valence-electron chi connectivity index (χ2n) is 8.54. The second kappa shape index (κ2) is 11.7. The van der Waals surface area contributed by atoms with Crippen LogP contribution in [0, 0.1) is 0 Å². The third-order valence-electron chi connectivity index (χ3n) is 6.25. The van der Waals surface area contributed by atoms with Crippen molar-refractivity contribution in [3.63, 3.8) is 0 Å². The number of likely N-dealkylation sites (tertiary alicyclic amines) is 1. The topological polar surface area (TPSA) is 71.9 Å². The highest BCUT2D eigenvalue weighted by molar-refractivity contribution is 5.73. The zero-order valence-corrected chi connectivity index (χ0v) is 19.6. The molecule has 1 saturated heterocycles. The Kier molecular flexibility index (Phi) is 8.15. The van der Waals surface area contributed by atoms with E-state index in [9.17, 15) is 9.90 Å². The fraction of sp³-hybridized carbons (Fsp3) is 0.357. The van der Waals surface area contributed by atoms with Gasteiger partial charge in [0.1, 0.15) is 12.6 Å². The summed E-state index contributed by atoms with van der Waals surface area (Å²) in [5.74, 6) is 0.587. The van der Waals surface area contributed by atoms with Crippen molar-refractivity contribution in [3.8, 4) is 11.5 Å². The molecule has 3 aromatic rings. The van der Waals surface area contributed by atoms with Gasteiger partial charge >= 0.3 is 5.97 Å². The maximum atomic E-state index is 12.1. The number of pyridine rings is 1. The molecule has 0 spiro atoms. The van der Waals surface area contributed by atoms with E-state index in [2.05, 4.69) is 9.88 Å². The van der Waals surface area contributed by atoms with Crippen molar-refractivity contribution >= 4 is 5.97 Å². The largest absolute Gasteiger partial charge is 0.490 e. The number of carbonyl (C=O) groups is 1. The van der Waals surface area contributed by atoms with Gasteiger partial charge in [0.15, 0.2) is 11.5 Å². The first-order valence-corrected chi connectivity index (χ1v) is 12.0. The highest BCUT2D eigenvalue weighted by Crippen LogP contribution is 2.37. The van der Waals surface area contributed by atoms with Gasteiger partial charge in [-0.25, -0.2) is 0 Å². The van der Waals surface area contributed by atoms with Crippen molar-refractivity contribution in [2.75, 3.05) is 13.2 Å². The molecule has 2 heterocycles. The molecule has 0 radical (unpaired) electrons. The summed E-state index contributed by atoms with van der Waals surface area (Å²) >= 11 is 0. The summed E-state index contributed by atoms with van der Waals surface area (Å²) in [7, 11) is 0. The normalized spacial score (nSPS) is 17.1. The Morgan fingerprint density at radius 3 is 2.62 bits per heavy atom. The number of benzene rings is 2. The van der Waals surface area contributed by atoms with Crippen LogP contribution in [0.3, 0.4) is 0 Å². The molecule has 0 amide bonds. The lowest BCUT2D eigenvalue weighted by Crippen LogP contribution is -2.47. The van der Waals surface area contributed by atoms with Crippen LogP contribution in [0.1, 0.15) is 49.0 Å². The predicted molar refractivity (Wildman–Crippen MR) is 131 cm³/mol. The number of hydrogen-bond acceptors (Lipinski definition) is 5. The van der Waals surface area contributed by atoms with Crippen LogP contribution in [0.15, 0.2) is 72.9 Å². The van der Waals surface area contributed by atoms with Crippen LogP contribution in [-0.2, 0) is 17.8 Å². The first kappa shape index (κ1) is 23.8. The fourth-order valence-electron chi connectivity index (χ4n) is 4.59. The van der Waals surface area contributed by atoms with Crippen molar-refractivity contribution in [1.29, 1.82) is 0 Å². The average Bonchev–Trinajstić information content (AvgIpc) is 2.88. The van der Waals surface area contributed by atoms with E-state index in [0.717, 1.165) is 36.2 Å². The maximum Gasteiger partial charge on any atom is 0.320 e. The maximum absolute atomic E-state index is 12.1. The zero-order chi connectivity index (χ0) is 23.8. The van der Waals surface area contributed by atoms with Gasteiger partial charge in [-0.15, -0.1) is 0 Å². The molecule has 1 aromatic heterocycles. The smallest absolute Gasteiger partial charge is 0.320 e. The Balaban J connectivity index is 1.65. The van der Waals surface area contributed by atoms with Gasteiger partial charge in [0.05, 0.1) is 6.61 Å². The molecular formula is C28H32N2O4. The fourth-order valence-corrected chi connectivity index (χ4v) is 4.59. The predicted octanol–water partition coefficient (Wildman–Crippen LogP) is 5.28. The SMILES string of the molecule is CCOc1cc(C(Cc2ccccn2)N2CCCCC2C(=O)O)ccc1OCc1ccccc1. The van der Waals surface area contributed by atoms with E-state index in [-0.39, 0.29) is 6.04 Å². The van der Waals surface area contributed by atoms with Gasteiger partial charge in [-0.1, -0.05) is 48.9 Å². The highest BCUT2D eigenvalue weighted by atomic mass is 16.5. The standard InChI is InChI=1S/C28H32N2O4/c1-2-33-27-18-22(14-15-26(27)34-20-21-10-4-3-5-11-21)25(19-23-12-6-8-16-29-23)30-17-9-7-13-24(30)28(31)32/h3-6,8,10-12,14-16,18,24-25H,2,7,9,13,17,19-20H2,1H3,(H,31,32). The van der Waals surface area contributed by atoms with Crippen molar-refractivity contribution in [2.45, 2.75) is 51.3 Å². The number of ether oxygens (including phenoxy) is 2. The molecule has 178 valence electrons. The monoisotopic (exact) mass is 460 g/mol. The van der Waals surface area contributed by atoms with Gasteiger partial charge in [-0.2, -0.15) is 0 Å². The molecule has 0 bridgehead atoms. The minimum absolute atomic E-state index is 0.126. The molecular weight excluding hydrogens is 428 g/mol. The number of rotatable bonds is 10. The average molecular weight is 461 g/mol. The summed E-state index contributed by atoms with van der Waals surface area (Å²) in [5.41, 5.74) is 3.03. The van der Waals surface area contributed by atoms with E-state index in [1.54, 1.807) is 6.20 Å². The van der Waals surface area contributed by atoms with E-state index in [1.165, 1.54) is 0 Å². The number of hydrogen-bond donors (Lipinski definition) is 1. The van der Waals surface area contributed by atoms with Crippen LogP contribution in [0.5, 0.6) is 11.5 Å². The van der Waals surface area contributed by atoms with Gasteiger partial charge in [-0.05, 0) is 61.7 Å². The van der Waals surface area contributed by atoms with Crippen LogP contribution >= 0.6 is 0 Å². The first-order chi connectivity index (χ1) is 16.7. The number of aromatic nitrogens is 1. The van der Waals surface area contributed by atoms with Crippen LogP contribution in [0.25, 0.3) is 0 Å². The van der Waals surface area contributed by atoms with Crippen LogP contribution < -0.4 is 9.47 Å². The molecule has 0 aliphatic carbocycles. The summed E-state index contributed by atoms with van der Waals surface area (Å²) in [6, 6.07) is 21.2. The van der Waals surface area contributed by atoms with Crippen molar-refractivity contribution in [2.24, 2.45) is 0 Å². The van der Waals surface area contributed by atoms with Gasteiger partial charge in [-0.3, -0.25) is 14.7 Å². The summed E-state index contributed by atoms with van der Waals surface area (Å²) in [4.78, 5) is 18.7. The zero-order valence-electron chi connectivity index (χ0n) is 19.6. The molecule has 4 rings (SSSR count). The van der Waals surface area contributed by atoms with Crippen molar-refractivity contribution in [1.82, 2.24) is 9.88 Å². The summed E-state index contributed by atoms with van der Waals surface area (Å²) in [6.07, 6.45) is 4.98. The minimum Gasteiger partial charge on any atom is -0.490 e. The minimum atomic E-state index is -0.765. The molecule has 0 saturated carbocycles. The molecule has 1 aliphatic heterocycles. The third-order valence-corrected chi connectivity index (χ3v) is 6.25. The summed E-state index contributed by atoms with van der Waals surface area (Å²) < 4.78 is 12.0. The van der Waals surface area contributed by atoms with Crippen LogP contribution in [0.2, 0.25) is 0 Å². The van der Waals surface area contributed by atoms with Gasteiger partial charge < -0.3 is 14.6 Å². The van der Waals surface area contributed by atoms with Crippen molar-refractivity contribution < 1.29 is 19.4 Å². The molecule has 6 nitrogen and oxygen atoms in total. The Bertz CT molecular complexity index is 1060. The third kappa shape index (κ3) is 5.94. The Morgan fingerprint density at radius 2 is 1.88 bits per heavy atom. The molecule has 6 heteroatoms. The number of aliphatic carboxylic acids is 1. The lowest BCUT2D eigenvalue weighted by atomic mass is 9.93. The van der Waals surface area contributed by atoms with Gasteiger partial charge in [0.2, 0.25) is 0 Å². The lowest BCUT2D eigenvalue weighted by Gasteiger charge is -2.39. The van der Waals surface area contributed by atoms with E-state index >= 15 is 0 Å². The number of carboxylic acids is 1. The van der Waals surface area contributed by atoms with E-state index in [4.69, 9.17) is 9.47 Å². The van der Waals surface area contributed by atoms with Gasteiger partial charge in [0, 0.05) is 24.4 Å². The number of nitrogens with zero attached hydrogens (tertiary/aromatic N) is 2. The van der Waals surface area contributed by atoms with Crippen molar-refractivity contribution in [3.05, 3.63) is 89.7 Å². The quantitative estimate of drug-likeness (QED) is 0.444. The molecule has 34 heavy (non-hydrogen) atoms. The summed E-state index contributed by atoms with van der Waals surface area (Å²) in [5, 5.41) is 9.93. The second-order valence-corrected chi connectivity index (χ2v) is 8.54. The Hall–Kier alpha value is -3.38. The van der Waals surface area contributed by atoms with E-state index in [1.807, 2.05) is 73.7 Å². The highest BCUT2D eigenvalue weighted by Gasteiger charge is 2.35. The van der Waals surface area contributed by atoms with E-state index in [0.29, 0.717) is 37.6 Å².